The number of rotatable bonds is 6. The zero-order valence-electron chi connectivity index (χ0n) is 11.3. The molecule has 21 heavy (non-hydrogen) atoms. The van der Waals surface area contributed by atoms with Gasteiger partial charge in [-0.05, 0) is 24.6 Å². The number of primary amides is 1. The van der Waals surface area contributed by atoms with Gasteiger partial charge in [-0.3, -0.25) is 4.79 Å². The molecule has 0 aliphatic heterocycles. The molecule has 1 unspecified atom stereocenters. The maximum Gasteiger partial charge on any atom is 0.326 e. The first-order valence-corrected chi connectivity index (χ1v) is 6.51. The number of urea groups is 1. The third-order valence-corrected chi connectivity index (χ3v) is 2.98. The van der Waals surface area contributed by atoms with Gasteiger partial charge < -0.3 is 21.5 Å². The molecule has 0 saturated heterocycles. The van der Waals surface area contributed by atoms with Crippen LogP contribution in [0.15, 0.2) is 24.3 Å². The maximum atomic E-state index is 11.7. The monoisotopic (exact) mass is 313 g/mol. The van der Waals surface area contributed by atoms with Crippen molar-refractivity contribution in [2.24, 2.45) is 5.73 Å². The quantitative estimate of drug-likeness (QED) is 0.626. The average molecular weight is 314 g/mol. The molecule has 8 heteroatoms. The number of hydrogen-bond donors (Lipinski definition) is 4. The number of halogens is 1. The molecule has 3 amide bonds. The summed E-state index contributed by atoms with van der Waals surface area (Å²) in [6.45, 7) is 1.73. The highest BCUT2D eigenvalue weighted by Gasteiger charge is 2.22. The number of amides is 3. The van der Waals surface area contributed by atoms with Gasteiger partial charge in [-0.1, -0.05) is 23.7 Å². The largest absolute Gasteiger partial charge is 0.480 e. The highest BCUT2D eigenvalue weighted by atomic mass is 35.5. The van der Waals surface area contributed by atoms with Gasteiger partial charge in [-0.25, -0.2) is 9.59 Å². The molecule has 7 nitrogen and oxygen atoms in total. The topological polar surface area (TPSA) is 122 Å². The summed E-state index contributed by atoms with van der Waals surface area (Å²) in [5.74, 6) is -2.14. The number of benzene rings is 1. The van der Waals surface area contributed by atoms with E-state index in [1.165, 1.54) is 0 Å². The van der Waals surface area contributed by atoms with Gasteiger partial charge in [0.25, 0.3) is 0 Å². The molecular formula is C13H16ClN3O4. The SMILES string of the molecule is CC(NC(=O)N[C@H](CC(N)=O)C(=O)O)c1ccc(Cl)cc1. The van der Waals surface area contributed by atoms with Crippen LogP contribution >= 0.6 is 11.6 Å². The summed E-state index contributed by atoms with van der Waals surface area (Å²) >= 11 is 5.77. The number of carbonyl (C=O) groups is 3. The standard InChI is InChI=1S/C13H16ClN3O4/c1-7(8-2-4-9(14)5-3-8)16-13(21)17-10(12(19)20)6-11(15)18/h2-5,7,10H,6H2,1H3,(H2,15,18)(H,19,20)(H2,16,17,21)/t7?,10-/m1/s1. The molecule has 0 aliphatic carbocycles. The van der Waals surface area contributed by atoms with Crippen molar-refractivity contribution in [3.8, 4) is 0 Å². The van der Waals surface area contributed by atoms with Crippen LogP contribution in [0, 0.1) is 0 Å². The Bertz CT molecular complexity index is 533. The minimum Gasteiger partial charge on any atom is -0.480 e. The molecular weight excluding hydrogens is 298 g/mol. The Balaban J connectivity index is 2.61. The second-order valence-corrected chi connectivity index (χ2v) is 4.89. The first-order valence-electron chi connectivity index (χ1n) is 6.13. The van der Waals surface area contributed by atoms with E-state index in [-0.39, 0.29) is 6.04 Å². The summed E-state index contributed by atoms with van der Waals surface area (Å²) in [7, 11) is 0. The summed E-state index contributed by atoms with van der Waals surface area (Å²) in [6.07, 6.45) is -0.474. The molecule has 0 aliphatic rings. The van der Waals surface area contributed by atoms with Gasteiger partial charge >= 0.3 is 12.0 Å². The van der Waals surface area contributed by atoms with Gasteiger partial charge in [-0.2, -0.15) is 0 Å². The molecule has 2 atom stereocenters. The first-order chi connectivity index (χ1) is 9.79. The number of carbonyl (C=O) groups excluding carboxylic acids is 2. The minimum atomic E-state index is -1.36. The Hall–Kier alpha value is -2.28. The van der Waals surface area contributed by atoms with Gasteiger partial charge in [0.1, 0.15) is 6.04 Å². The lowest BCUT2D eigenvalue weighted by Crippen LogP contribution is -2.48. The number of nitrogens with two attached hydrogens (primary N) is 1. The van der Waals surface area contributed by atoms with E-state index in [9.17, 15) is 14.4 Å². The molecule has 0 heterocycles. The summed E-state index contributed by atoms with van der Waals surface area (Å²) < 4.78 is 0. The van der Waals surface area contributed by atoms with E-state index in [2.05, 4.69) is 10.6 Å². The predicted molar refractivity (Wildman–Crippen MR) is 76.8 cm³/mol. The van der Waals surface area contributed by atoms with Crippen molar-refractivity contribution in [2.75, 3.05) is 0 Å². The van der Waals surface area contributed by atoms with E-state index in [0.29, 0.717) is 5.02 Å². The van der Waals surface area contributed by atoms with Crippen LogP contribution in [-0.4, -0.2) is 29.1 Å². The first kappa shape index (κ1) is 16.8. The number of nitrogens with one attached hydrogen (secondary N) is 2. The lowest BCUT2D eigenvalue weighted by molar-refractivity contribution is -0.140. The molecule has 5 N–H and O–H groups in total. The molecule has 0 aromatic heterocycles. The number of carboxylic acid groups (broad SMARTS) is 1. The fourth-order valence-corrected chi connectivity index (χ4v) is 1.76. The van der Waals surface area contributed by atoms with Crippen molar-refractivity contribution in [3.63, 3.8) is 0 Å². The van der Waals surface area contributed by atoms with Crippen LogP contribution in [0.25, 0.3) is 0 Å². The van der Waals surface area contributed by atoms with Crippen LogP contribution in [0.5, 0.6) is 0 Å². The summed E-state index contributed by atoms with van der Waals surface area (Å²) in [5.41, 5.74) is 5.73. The predicted octanol–water partition coefficient (Wildman–Crippen LogP) is 1.03. The Morgan fingerprint density at radius 1 is 1.24 bits per heavy atom. The molecule has 1 aromatic carbocycles. The highest BCUT2D eigenvalue weighted by Crippen LogP contribution is 2.15. The lowest BCUT2D eigenvalue weighted by atomic mass is 10.1. The van der Waals surface area contributed by atoms with Crippen molar-refractivity contribution in [1.29, 1.82) is 0 Å². The number of hydrogen-bond acceptors (Lipinski definition) is 3. The van der Waals surface area contributed by atoms with E-state index in [1.54, 1.807) is 31.2 Å². The van der Waals surface area contributed by atoms with E-state index < -0.39 is 30.4 Å². The smallest absolute Gasteiger partial charge is 0.326 e. The van der Waals surface area contributed by atoms with Crippen LogP contribution in [0.2, 0.25) is 5.02 Å². The molecule has 0 fully saturated rings. The molecule has 0 spiro atoms. The second kappa shape index (κ2) is 7.49. The normalized spacial score (nSPS) is 13.0. The second-order valence-electron chi connectivity index (χ2n) is 4.45. The van der Waals surface area contributed by atoms with Crippen molar-refractivity contribution in [1.82, 2.24) is 10.6 Å². The van der Waals surface area contributed by atoms with Crippen LogP contribution in [0.1, 0.15) is 24.9 Å². The molecule has 1 rings (SSSR count). The highest BCUT2D eigenvalue weighted by molar-refractivity contribution is 6.30. The molecule has 0 bridgehead atoms. The third-order valence-electron chi connectivity index (χ3n) is 2.73. The van der Waals surface area contributed by atoms with Crippen molar-refractivity contribution < 1.29 is 19.5 Å². The Labute approximate surface area is 126 Å². The fraction of sp³-hybridized carbons (Fsp3) is 0.308. The van der Waals surface area contributed by atoms with Crippen molar-refractivity contribution >= 4 is 29.5 Å². The number of carboxylic acids is 1. The Kier molecular flexibility index (Phi) is 5.98. The molecule has 0 radical (unpaired) electrons. The van der Waals surface area contributed by atoms with E-state index in [4.69, 9.17) is 22.4 Å². The van der Waals surface area contributed by atoms with Crippen LogP contribution in [0.4, 0.5) is 4.79 Å². The summed E-state index contributed by atoms with van der Waals surface area (Å²) in [5, 5.41) is 14.2. The molecule has 0 saturated carbocycles. The summed E-state index contributed by atoms with van der Waals surface area (Å²) in [4.78, 5) is 33.4. The van der Waals surface area contributed by atoms with Gasteiger partial charge in [0, 0.05) is 5.02 Å². The third kappa shape index (κ3) is 5.70. The fourth-order valence-electron chi connectivity index (χ4n) is 1.63. The minimum absolute atomic E-state index is 0.356. The molecule has 1 aromatic rings. The molecule has 114 valence electrons. The van der Waals surface area contributed by atoms with Crippen LogP contribution in [0.3, 0.4) is 0 Å². The Morgan fingerprint density at radius 3 is 2.29 bits per heavy atom. The van der Waals surface area contributed by atoms with Gasteiger partial charge in [0.2, 0.25) is 5.91 Å². The van der Waals surface area contributed by atoms with Crippen molar-refractivity contribution in [2.45, 2.75) is 25.4 Å². The van der Waals surface area contributed by atoms with Crippen LogP contribution in [-0.2, 0) is 9.59 Å². The number of aliphatic carboxylic acids is 1. The maximum absolute atomic E-state index is 11.7. The average Bonchev–Trinajstić information content (AvgIpc) is 2.37. The van der Waals surface area contributed by atoms with Gasteiger partial charge in [0.15, 0.2) is 0 Å². The summed E-state index contributed by atoms with van der Waals surface area (Å²) in [6, 6.07) is 4.42. The van der Waals surface area contributed by atoms with Crippen LogP contribution < -0.4 is 16.4 Å². The van der Waals surface area contributed by atoms with E-state index in [0.717, 1.165) is 5.56 Å². The zero-order chi connectivity index (χ0) is 16.0. The lowest BCUT2D eigenvalue weighted by Gasteiger charge is -2.18. The van der Waals surface area contributed by atoms with Gasteiger partial charge in [0.05, 0.1) is 12.5 Å². The van der Waals surface area contributed by atoms with E-state index >= 15 is 0 Å². The Morgan fingerprint density at radius 2 is 1.81 bits per heavy atom. The van der Waals surface area contributed by atoms with E-state index in [1.807, 2.05) is 0 Å². The van der Waals surface area contributed by atoms with Crippen molar-refractivity contribution in [3.05, 3.63) is 34.9 Å². The zero-order valence-corrected chi connectivity index (χ0v) is 12.1. The van der Waals surface area contributed by atoms with Gasteiger partial charge in [-0.15, -0.1) is 0 Å².